The average Bonchev–Trinajstić information content (AvgIpc) is 2.75. The molecule has 0 aromatic carbocycles. The fourth-order valence-electron chi connectivity index (χ4n) is 1.38. The van der Waals surface area contributed by atoms with Gasteiger partial charge in [0.05, 0.1) is 12.3 Å². The number of carbonyl (C=O) groups excluding carboxylic acids is 1. The third kappa shape index (κ3) is 1.63. The summed E-state index contributed by atoms with van der Waals surface area (Å²) in [7, 11) is 0. The first-order valence-corrected chi connectivity index (χ1v) is 4.52. The molecule has 1 unspecified atom stereocenters. The van der Waals surface area contributed by atoms with Crippen LogP contribution in [0.2, 0.25) is 0 Å². The molecule has 1 aliphatic heterocycles. The molecule has 1 aliphatic rings. The minimum absolute atomic E-state index is 0.194. The third-order valence-electron chi connectivity index (χ3n) is 2.44. The van der Waals surface area contributed by atoms with Crippen molar-refractivity contribution in [3.63, 3.8) is 0 Å². The van der Waals surface area contributed by atoms with Gasteiger partial charge in [0.2, 0.25) is 0 Å². The predicted molar refractivity (Wildman–Crippen MR) is 47.3 cm³/mol. The number of hydrogen-bond acceptors (Lipinski definition) is 5. The molecule has 1 aromatic rings. The van der Waals surface area contributed by atoms with Gasteiger partial charge in [-0.1, -0.05) is 5.16 Å². The lowest BCUT2D eigenvalue weighted by molar-refractivity contribution is -0.143. The summed E-state index contributed by atoms with van der Waals surface area (Å²) < 4.78 is 9.58. The van der Waals surface area contributed by atoms with Crippen molar-refractivity contribution in [2.75, 3.05) is 6.61 Å². The first kappa shape index (κ1) is 9.21. The maximum absolute atomic E-state index is 11.3. The Morgan fingerprint density at radius 1 is 1.71 bits per heavy atom. The summed E-state index contributed by atoms with van der Waals surface area (Å²) in [6, 6.07) is 1.76. The van der Waals surface area contributed by atoms with Crippen LogP contribution in [0.15, 0.2) is 16.9 Å². The van der Waals surface area contributed by atoms with Crippen LogP contribution >= 0.6 is 0 Å². The van der Waals surface area contributed by atoms with Crippen LogP contribution in [0.3, 0.4) is 0 Å². The van der Waals surface area contributed by atoms with E-state index in [0.717, 1.165) is 5.69 Å². The van der Waals surface area contributed by atoms with E-state index in [2.05, 4.69) is 15.0 Å². The number of cyclic esters (lactones) is 1. The Bertz CT molecular complexity index is 323. The molecule has 0 bridgehead atoms. The molecular weight excluding hydrogens is 184 g/mol. The summed E-state index contributed by atoms with van der Waals surface area (Å²) in [4.78, 5) is 11.3. The molecule has 1 atom stereocenters. The Hall–Kier alpha value is -1.36. The number of esters is 1. The first-order valence-electron chi connectivity index (χ1n) is 4.52. The van der Waals surface area contributed by atoms with Gasteiger partial charge in [0.15, 0.2) is 0 Å². The zero-order chi connectivity index (χ0) is 10.0. The smallest absolute Gasteiger partial charge is 0.326 e. The van der Waals surface area contributed by atoms with E-state index >= 15 is 0 Å². The molecule has 1 aromatic heterocycles. The SMILES string of the molecule is CC1(NCc2ccon2)CCOC1=O. The monoisotopic (exact) mass is 196 g/mol. The number of hydrogen-bond donors (Lipinski definition) is 1. The Balaban J connectivity index is 1.94. The molecule has 14 heavy (non-hydrogen) atoms. The normalized spacial score (nSPS) is 26.5. The summed E-state index contributed by atoms with van der Waals surface area (Å²) in [6.07, 6.45) is 2.20. The van der Waals surface area contributed by atoms with E-state index in [0.29, 0.717) is 19.6 Å². The van der Waals surface area contributed by atoms with E-state index in [1.807, 2.05) is 6.92 Å². The Morgan fingerprint density at radius 3 is 3.14 bits per heavy atom. The second-order valence-corrected chi connectivity index (χ2v) is 3.56. The summed E-state index contributed by atoms with van der Waals surface area (Å²) in [5, 5.41) is 6.86. The van der Waals surface area contributed by atoms with Crippen molar-refractivity contribution in [1.29, 1.82) is 0 Å². The molecule has 1 saturated heterocycles. The standard InChI is InChI=1S/C9H12N2O3/c1-9(3-5-13-8(9)12)10-6-7-2-4-14-11-7/h2,4,10H,3,5-6H2,1H3. The molecule has 2 heterocycles. The van der Waals surface area contributed by atoms with Gasteiger partial charge in [0, 0.05) is 19.0 Å². The lowest BCUT2D eigenvalue weighted by Crippen LogP contribution is -2.45. The highest BCUT2D eigenvalue weighted by molar-refractivity contribution is 5.82. The molecule has 2 rings (SSSR count). The fourth-order valence-corrected chi connectivity index (χ4v) is 1.38. The highest BCUT2D eigenvalue weighted by Gasteiger charge is 2.39. The number of aromatic nitrogens is 1. The van der Waals surface area contributed by atoms with Crippen LogP contribution in [0.5, 0.6) is 0 Å². The highest BCUT2D eigenvalue weighted by Crippen LogP contribution is 2.19. The van der Waals surface area contributed by atoms with E-state index < -0.39 is 5.54 Å². The van der Waals surface area contributed by atoms with E-state index in [1.165, 1.54) is 6.26 Å². The molecule has 0 amide bonds. The molecule has 0 spiro atoms. The Morgan fingerprint density at radius 2 is 2.57 bits per heavy atom. The number of nitrogens with one attached hydrogen (secondary N) is 1. The van der Waals surface area contributed by atoms with Crippen molar-refractivity contribution in [3.05, 3.63) is 18.0 Å². The van der Waals surface area contributed by atoms with Gasteiger partial charge in [-0.15, -0.1) is 0 Å². The zero-order valence-corrected chi connectivity index (χ0v) is 7.95. The number of nitrogens with zero attached hydrogens (tertiary/aromatic N) is 1. The van der Waals surface area contributed by atoms with Crippen LogP contribution in [0.25, 0.3) is 0 Å². The van der Waals surface area contributed by atoms with Crippen LogP contribution in [0.4, 0.5) is 0 Å². The van der Waals surface area contributed by atoms with Crippen LogP contribution in [-0.2, 0) is 16.1 Å². The average molecular weight is 196 g/mol. The maximum Gasteiger partial charge on any atom is 0.326 e. The van der Waals surface area contributed by atoms with Crippen molar-refractivity contribution in [3.8, 4) is 0 Å². The molecule has 5 heteroatoms. The van der Waals surface area contributed by atoms with Crippen molar-refractivity contribution in [2.45, 2.75) is 25.4 Å². The topological polar surface area (TPSA) is 64.4 Å². The fraction of sp³-hybridized carbons (Fsp3) is 0.556. The second kappa shape index (κ2) is 3.42. The molecule has 76 valence electrons. The largest absolute Gasteiger partial charge is 0.464 e. The Kier molecular flexibility index (Phi) is 2.25. The summed E-state index contributed by atoms with van der Waals surface area (Å²) in [6.45, 7) is 2.84. The second-order valence-electron chi connectivity index (χ2n) is 3.56. The number of ether oxygens (including phenoxy) is 1. The molecule has 1 N–H and O–H groups in total. The van der Waals surface area contributed by atoms with Crippen molar-refractivity contribution < 1.29 is 14.1 Å². The summed E-state index contributed by atoms with van der Waals surface area (Å²) >= 11 is 0. The molecule has 5 nitrogen and oxygen atoms in total. The Labute approximate surface area is 81.4 Å². The highest BCUT2D eigenvalue weighted by atomic mass is 16.5. The molecule has 1 fully saturated rings. The minimum Gasteiger partial charge on any atom is -0.464 e. The quantitative estimate of drug-likeness (QED) is 0.712. The summed E-state index contributed by atoms with van der Waals surface area (Å²) in [5.74, 6) is -0.194. The van der Waals surface area contributed by atoms with Crippen molar-refractivity contribution in [1.82, 2.24) is 10.5 Å². The molecular formula is C9H12N2O3. The minimum atomic E-state index is -0.570. The summed E-state index contributed by atoms with van der Waals surface area (Å²) in [5.41, 5.74) is 0.213. The molecule has 0 radical (unpaired) electrons. The number of rotatable bonds is 3. The van der Waals surface area contributed by atoms with Crippen LogP contribution in [0, 0.1) is 0 Å². The van der Waals surface area contributed by atoms with Gasteiger partial charge in [-0.25, -0.2) is 0 Å². The van der Waals surface area contributed by atoms with Gasteiger partial charge in [-0.3, -0.25) is 10.1 Å². The van der Waals surface area contributed by atoms with Gasteiger partial charge < -0.3 is 9.26 Å². The van der Waals surface area contributed by atoms with Crippen molar-refractivity contribution >= 4 is 5.97 Å². The van der Waals surface area contributed by atoms with Crippen molar-refractivity contribution in [2.24, 2.45) is 0 Å². The van der Waals surface area contributed by atoms with E-state index in [9.17, 15) is 4.79 Å². The lowest BCUT2D eigenvalue weighted by atomic mass is 10.0. The first-order chi connectivity index (χ1) is 6.71. The van der Waals surface area contributed by atoms with E-state index in [-0.39, 0.29) is 5.97 Å². The van der Waals surface area contributed by atoms with Gasteiger partial charge in [-0.2, -0.15) is 0 Å². The lowest BCUT2D eigenvalue weighted by Gasteiger charge is -2.19. The van der Waals surface area contributed by atoms with E-state index in [4.69, 9.17) is 4.74 Å². The third-order valence-corrected chi connectivity index (χ3v) is 2.44. The number of carbonyl (C=O) groups is 1. The zero-order valence-electron chi connectivity index (χ0n) is 7.95. The van der Waals surface area contributed by atoms with Crippen LogP contribution < -0.4 is 5.32 Å². The molecule has 0 saturated carbocycles. The van der Waals surface area contributed by atoms with Crippen LogP contribution in [-0.4, -0.2) is 23.3 Å². The van der Waals surface area contributed by atoms with Gasteiger partial charge in [0.25, 0.3) is 0 Å². The maximum atomic E-state index is 11.3. The van der Waals surface area contributed by atoms with Gasteiger partial charge in [-0.05, 0) is 6.92 Å². The van der Waals surface area contributed by atoms with E-state index in [1.54, 1.807) is 6.07 Å². The predicted octanol–water partition coefficient (Wildman–Crippen LogP) is 0.470. The molecule has 0 aliphatic carbocycles. The van der Waals surface area contributed by atoms with Gasteiger partial charge in [0.1, 0.15) is 11.8 Å². The van der Waals surface area contributed by atoms with Gasteiger partial charge >= 0.3 is 5.97 Å². The van der Waals surface area contributed by atoms with Crippen LogP contribution in [0.1, 0.15) is 19.0 Å².